The number of rotatable bonds is 5. The molecule has 0 unspecified atom stereocenters. The normalized spacial score (nSPS) is 11.2. The van der Waals surface area contributed by atoms with E-state index in [1.165, 1.54) is 0 Å². The number of aromatic nitrogens is 2. The van der Waals surface area contributed by atoms with Crippen LogP contribution in [0.4, 0.5) is 10.8 Å². The van der Waals surface area contributed by atoms with Gasteiger partial charge in [-0.05, 0) is 61.4 Å². The standard InChI is InChI=1S/C17H15ClN4O3S2/c1-10-7-11(2)9-14(8-10)22-27(24,25)17-21-20-16(26-17)19-15(23)12-3-5-13(18)6-4-12/h3-9,22H,1-2H3,(H,19,20,23). The first-order valence-corrected chi connectivity index (χ1v) is 10.4. The largest absolute Gasteiger partial charge is 0.296 e. The Morgan fingerprint density at radius 3 is 2.30 bits per heavy atom. The highest BCUT2D eigenvalue weighted by molar-refractivity contribution is 7.94. The summed E-state index contributed by atoms with van der Waals surface area (Å²) in [6.45, 7) is 3.75. The molecular formula is C17H15ClN4O3S2. The van der Waals surface area contributed by atoms with Crippen LogP contribution in [0.25, 0.3) is 0 Å². The number of carbonyl (C=O) groups is 1. The van der Waals surface area contributed by atoms with Gasteiger partial charge in [0.15, 0.2) is 0 Å². The minimum absolute atomic E-state index is 0.0794. The van der Waals surface area contributed by atoms with E-state index in [1.54, 1.807) is 36.4 Å². The Morgan fingerprint density at radius 2 is 1.67 bits per heavy atom. The van der Waals surface area contributed by atoms with E-state index in [0.29, 0.717) is 16.3 Å². The van der Waals surface area contributed by atoms with E-state index < -0.39 is 15.9 Å². The van der Waals surface area contributed by atoms with Gasteiger partial charge in [0.2, 0.25) is 5.13 Å². The van der Waals surface area contributed by atoms with Crippen molar-refractivity contribution < 1.29 is 13.2 Å². The molecule has 0 radical (unpaired) electrons. The summed E-state index contributed by atoms with van der Waals surface area (Å²) >= 11 is 6.55. The molecule has 2 N–H and O–H groups in total. The average molecular weight is 423 g/mol. The molecule has 0 aliphatic carbocycles. The molecule has 2 aromatic carbocycles. The summed E-state index contributed by atoms with van der Waals surface area (Å²) in [5.74, 6) is -0.436. The lowest BCUT2D eigenvalue weighted by molar-refractivity contribution is 0.102. The fourth-order valence-electron chi connectivity index (χ4n) is 2.37. The van der Waals surface area contributed by atoms with E-state index in [0.717, 1.165) is 22.5 Å². The molecule has 1 heterocycles. The van der Waals surface area contributed by atoms with Crippen LogP contribution in [0.15, 0.2) is 46.8 Å². The molecule has 0 saturated carbocycles. The van der Waals surface area contributed by atoms with Gasteiger partial charge < -0.3 is 0 Å². The third-order valence-electron chi connectivity index (χ3n) is 3.44. The van der Waals surface area contributed by atoms with Crippen molar-refractivity contribution in [2.24, 2.45) is 0 Å². The summed E-state index contributed by atoms with van der Waals surface area (Å²) in [4.78, 5) is 12.2. The second kappa shape index (κ2) is 7.63. The number of halogens is 1. The molecule has 0 fully saturated rings. The highest BCUT2D eigenvalue weighted by atomic mass is 35.5. The van der Waals surface area contributed by atoms with Crippen molar-refractivity contribution in [3.63, 3.8) is 0 Å². The minimum atomic E-state index is -3.91. The van der Waals surface area contributed by atoms with Gasteiger partial charge in [0.05, 0.1) is 0 Å². The predicted molar refractivity (Wildman–Crippen MR) is 106 cm³/mol. The van der Waals surface area contributed by atoms with Crippen LogP contribution in [0, 0.1) is 13.8 Å². The topological polar surface area (TPSA) is 101 Å². The predicted octanol–water partition coefficient (Wildman–Crippen LogP) is 3.86. The highest BCUT2D eigenvalue weighted by Gasteiger charge is 2.21. The van der Waals surface area contributed by atoms with E-state index in [1.807, 2.05) is 19.9 Å². The maximum absolute atomic E-state index is 12.5. The monoisotopic (exact) mass is 422 g/mol. The zero-order chi connectivity index (χ0) is 19.6. The summed E-state index contributed by atoms with van der Waals surface area (Å²) in [6.07, 6.45) is 0. The summed E-state index contributed by atoms with van der Waals surface area (Å²) in [7, 11) is -3.91. The third-order valence-corrected chi connectivity index (χ3v) is 6.28. The first kappa shape index (κ1) is 19.3. The highest BCUT2D eigenvalue weighted by Crippen LogP contribution is 2.24. The number of nitrogens with one attached hydrogen (secondary N) is 2. The lowest BCUT2D eigenvalue weighted by Crippen LogP contribution is -2.13. The SMILES string of the molecule is Cc1cc(C)cc(NS(=O)(=O)c2nnc(NC(=O)c3ccc(Cl)cc3)s2)c1. The molecule has 1 amide bonds. The van der Waals surface area contributed by atoms with Gasteiger partial charge in [0.25, 0.3) is 20.3 Å². The fraction of sp³-hybridized carbons (Fsp3) is 0.118. The van der Waals surface area contributed by atoms with E-state index in [2.05, 4.69) is 20.2 Å². The van der Waals surface area contributed by atoms with Crippen LogP contribution in [0.2, 0.25) is 5.02 Å². The van der Waals surface area contributed by atoms with E-state index >= 15 is 0 Å². The fourth-order valence-corrected chi connectivity index (χ4v) is 4.43. The van der Waals surface area contributed by atoms with Crippen molar-refractivity contribution >= 4 is 49.7 Å². The molecule has 0 aliphatic rings. The molecule has 27 heavy (non-hydrogen) atoms. The summed E-state index contributed by atoms with van der Waals surface area (Å²) in [6, 6.07) is 11.6. The Bertz CT molecular complexity index is 1080. The van der Waals surface area contributed by atoms with Gasteiger partial charge in [-0.1, -0.05) is 29.0 Å². The summed E-state index contributed by atoms with van der Waals surface area (Å²) in [5.41, 5.74) is 2.67. The molecule has 0 bridgehead atoms. The van der Waals surface area contributed by atoms with Crippen molar-refractivity contribution in [1.29, 1.82) is 0 Å². The number of nitrogens with zero attached hydrogens (tertiary/aromatic N) is 2. The van der Waals surface area contributed by atoms with Crippen molar-refractivity contribution in [3.05, 3.63) is 64.2 Å². The van der Waals surface area contributed by atoms with Gasteiger partial charge in [-0.15, -0.1) is 10.2 Å². The Balaban J connectivity index is 1.75. The number of aryl methyl sites for hydroxylation is 2. The maximum Gasteiger partial charge on any atom is 0.291 e. The first-order chi connectivity index (χ1) is 12.7. The Morgan fingerprint density at radius 1 is 1.04 bits per heavy atom. The van der Waals surface area contributed by atoms with Gasteiger partial charge >= 0.3 is 0 Å². The number of benzene rings is 2. The molecule has 3 rings (SSSR count). The minimum Gasteiger partial charge on any atom is -0.296 e. The summed E-state index contributed by atoms with van der Waals surface area (Å²) in [5, 5.41) is 10.5. The molecule has 10 heteroatoms. The molecule has 0 saturated heterocycles. The van der Waals surface area contributed by atoms with Gasteiger partial charge in [-0.3, -0.25) is 14.8 Å². The average Bonchev–Trinajstić information content (AvgIpc) is 3.03. The summed E-state index contributed by atoms with van der Waals surface area (Å²) < 4.78 is 27.2. The van der Waals surface area contributed by atoms with Crippen molar-refractivity contribution in [2.75, 3.05) is 10.0 Å². The molecule has 0 atom stereocenters. The van der Waals surface area contributed by atoms with Crippen molar-refractivity contribution in [3.8, 4) is 0 Å². The maximum atomic E-state index is 12.5. The van der Waals surface area contributed by atoms with E-state index in [4.69, 9.17) is 11.6 Å². The molecule has 140 valence electrons. The van der Waals surface area contributed by atoms with Gasteiger partial charge in [0, 0.05) is 16.3 Å². The van der Waals surface area contributed by atoms with Crippen LogP contribution in [0.3, 0.4) is 0 Å². The Labute approximate surface area is 165 Å². The molecular weight excluding hydrogens is 408 g/mol. The number of sulfonamides is 1. The first-order valence-electron chi connectivity index (χ1n) is 7.74. The quantitative estimate of drug-likeness (QED) is 0.608. The zero-order valence-corrected chi connectivity index (χ0v) is 16.7. The van der Waals surface area contributed by atoms with Crippen LogP contribution >= 0.6 is 22.9 Å². The molecule has 3 aromatic rings. The molecule has 0 spiro atoms. The van der Waals surface area contributed by atoms with E-state index in [-0.39, 0.29) is 9.47 Å². The number of hydrogen-bond donors (Lipinski definition) is 2. The molecule has 0 aliphatic heterocycles. The number of anilines is 2. The van der Waals surface area contributed by atoms with Gasteiger partial charge in [0.1, 0.15) is 0 Å². The van der Waals surface area contributed by atoms with Gasteiger partial charge in [-0.25, -0.2) is 0 Å². The van der Waals surface area contributed by atoms with Crippen LogP contribution < -0.4 is 10.0 Å². The second-order valence-electron chi connectivity index (χ2n) is 5.82. The lowest BCUT2D eigenvalue weighted by atomic mass is 10.1. The van der Waals surface area contributed by atoms with Crippen LogP contribution in [0.5, 0.6) is 0 Å². The molecule has 1 aromatic heterocycles. The van der Waals surface area contributed by atoms with Crippen LogP contribution in [0.1, 0.15) is 21.5 Å². The number of hydrogen-bond acceptors (Lipinski definition) is 6. The molecule has 7 nitrogen and oxygen atoms in total. The van der Waals surface area contributed by atoms with Crippen molar-refractivity contribution in [1.82, 2.24) is 10.2 Å². The number of carbonyl (C=O) groups excluding carboxylic acids is 1. The zero-order valence-electron chi connectivity index (χ0n) is 14.4. The third kappa shape index (κ3) is 4.82. The Hall–Kier alpha value is -2.49. The number of amides is 1. The Kier molecular flexibility index (Phi) is 5.45. The van der Waals surface area contributed by atoms with Crippen LogP contribution in [-0.4, -0.2) is 24.5 Å². The van der Waals surface area contributed by atoms with Gasteiger partial charge in [-0.2, -0.15) is 8.42 Å². The van der Waals surface area contributed by atoms with Crippen LogP contribution in [-0.2, 0) is 10.0 Å². The lowest BCUT2D eigenvalue weighted by Gasteiger charge is -2.07. The smallest absolute Gasteiger partial charge is 0.291 e. The second-order valence-corrected chi connectivity index (χ2v) is 9.09. The van der Waals surface area contributed by atoms with E-state index in [9.17, 15) is 13.2 Å². The van der Waals surface area contributed by atoms with Crippen molar-refractivity contribution in [2.45, 2.75) is 18.2 Å².